The van der Waals surface area contributed by atoms with E-state index in [2.05, 4.69) is 10.6 Å². The third-order valence-electron chi connectivity index (χ3n) is 3.08. The summed E-state index contributed by atoms with van der Waals surface area (Å²) in [6.45, 7) is 1.59. The highest BCUT2D eigenvalue weighted by atomic mass is 35.5. The first-order chi connectivity index (χ1) is 9.24. The lowest BCUT2D eigenvalue weighted by Gasteiger charge is -2.22. The molecule has 1 aromatic rings. The summed E-state index contributed by atoms with van der Waals surface area (Å²) < 4.78 is 12.7. The Balaban J connectivity index is 0.00000200. The van der Waals surface area contributed by atoms with Crippen molar-refractivity contribution in [1.82, 2.24) is 10.6 Å². The number of halogens is 2. The zero-order valence-electron chi connectivity index (χ0n) is 11.2. The van der Waals surface area contributed by atoms with Crippen LogP contribution in [-0.2, 0) is 11.2 Å². The molecule has 3 nitrogen and oxygen atoms in total. The summed E-state index contributed by atoms with van der Waals surface area (Å²) in [4.78, 5) is 11.7. The molecule has 1 heterocycles. The third-order valence-corrected chi connectivity index (χ3v) is 4.21. The van der Waals surface area contributed by atoms with Crippen LogP contribution in [0.5, 0.6) is 0 Å². The highest BCUT2D eigenvalue weighted by molar-refractivity contribution is 7.99. The highest BCUT2D eigenvalue weighted by Gasteiger charge is 2.16. The molecule has 2 N–H and O–H groups in total. The molecule has 0 radical (unpaired) electrons. The molecular weight excluding hydrogens is 299 g/mol. The van der Waals surface area contributed by atoms with Gasteiger partial charge < -0.3 is 10.6 Å². The van der Waals surface area contributed by atoms with Gasteiger partial charge in [0.2, 0.25) is 5.91 Å². The van der Waals surface area contributed by atoms with Gasteiger partial charge in [0.15, 0.2) is 0 Å². The monoisotopic (exact) mass is 318 g/mol. The first kappa shape index (κ1) is 17.3. The zero-order valence-corrected chi connectivity index (χ0v) is 12.9. The number of rotatable bonds is 5. The third kappa shape index (κ3) is 6.11. The van der Waals surface area contributed by atoms with Crippen LogP contribution in [0.1, 0.15) is 12.0 Å². The molecule has 0 saturated carbocycles. The van der Waals surface area contributed by atoms with Crippen molar-refractivity contribution in [1.29, 1.82) is 0 Å². The highest BCUT2D eigenvalue weighted by Crippen LogP contribution is 2.10. The van der Waals surface area contributed by atoms with E-state index in [1.54, 1.807) is 12.1 Å². The SMILES string of the molecule is Cl.O=C(CC1CSCCN1)NCCc1ccc(F)cc1. The van der Waals surface area contributed by atoms with Crippen LogP contribution in [0, 0.1) is 5.82 Å². The number of carbonyl (C=O) groups excluding carboxylic acids is 1. The molecule has 1 atom stereocenters. The Kier molecular flexibility index (Phi) is 7.95. The summed E-state index contributed by atoms with van der Waals surface area (Å²) in [5.41, 5.74) is 1.04. The molecule has 1 fully saturated rings. The Hall–Kier alpha value is -0.780. The fourth-order valence-corrected chi connectivity index (χ4v) is 2.99. The predicted molar refractivity (Wildman–Crippen MR) is 84.1 cm³/mol. The average molecular weight is 319 g/mol. The Morgan fingerprint density at radius 3 is 2.80 bits per heavy atom. The van der Waals surface area contributed by atoms with E-state index < -0.39 is 0 Å². The van der Waals surface area contributed by atoms with Crippen LogP contribution in [-0.4, -0.2) is 36.5 Å². The average Bonchev–Trinajstić information content (AvgIpc) is 2.42. The van der Waals surface area contributed by atoms with Gasteiger partial charge in [-0.2, -0.15) is 11.8 Å². The molecule has 20 heavy (non-hydrogen) atoms. The number of thioether (sulfide) groups is 1. The Labute approximate surface area is 129 Å². The molecule has 1 unspecified atom stereocenters. The maximum Gasteiger partial charge on any atom is 0.221 e. The molecule has 1 aliphatic rings. The zero-order chi connectivity index (χ0) is 13.5. The van der Waals surface area contributed by atoms with Gasteiger partial charge in [0.05, 0.1) is 0 Å². The van der Waals surface area contributed by atoms with Gasteiger partial charge in [0.1, 0.15) is 5.82 Å². The largest absolute Gasteiger partial charge is 0.356 e. The van der Waals surface area contributed by atoms with Crippen molar-refractivity contribution in [2.24, 2.45) is 0 Å². The van der Waals surface area contributed by atoms with Crippen molar-refractivity contribution in [2.75, 3.05) is 24.6 Å². The van der Waals surface area contributed by atoms with E-state index >= 15 is 0 Å². The fraction of sp³-hybridized carbons (Fsp3) is 0.500. The quantitative estimate of drug-likeness (QED) is 0.872. The first-order valence-corrected chi connectivity index (χ1v) is 7.72. The lowest BCUT2D eigenvalue weighted by Crippen LogP contribution is -2.41. The minimum Gasteiger partial charge on any atom is -0.356 e. The topological polar surface area (TPSA) is 41.1 Å². The van der Waals surface area contributed by atoms with E-state index in [-0.39, 0.29) is 24.1 Å². The number of amides is 1. The lowest BCUT2D eigenvalue weighted by atomic mass is 10.1. The first-order valence-electron chi connectivity index (χ1n) is 6.56. The van der Waals surface area contributed by atoms with Crippen LogP contribution >= 0.6 is 24.2 Å². The van der Waals surface area contributed by atoms with E-state index in [1.165, 1.54) is 12.1 Å². The predicted octanol–water partition coefficient (Wildman–Crippen LogP) is 2.00. The summed E-state index contributed by atoms with van der Waals surface area (Å²) in [5.74, 6) is 1.99. The number of nitrogens with one attached hydrogen (secondary N) is 2. The Morgan fingerprint density at radius 1 is 1.40 bits per heavy atom. The summed E-state index contributed by atoms with van der Waals surface area (Å²) in [6, 6.07) is 6.69. The van der Waals surface area contributed by atoms with Crippen molar-refractivity contribution in [3.63, 3.8) is 0 Å². The summed E-state index contributed by atoms with van der Waals surface area (Å²) in [7, 11) is 0. The lowest BCUT2D eigenvalue weighted by molar-refractivity contribution is -0.121. The van der Waals surface area contributed by atoms with Crippen molar-refractivity contribution in [3.05, 3.63) is 35.6 Å². The van der Waals surface area contributed by atoms with Gasteiger partial charge in [-0.15, -0.1) is 12.4 Å². The standard InChI is InChI=1S/C14H19FN2OS.ClH/c15-12-3-1-11(2-4-12)5-6-17-14(18)9-13-10-19-8-7-16-13;/h1-4,13,16H,5-10H2,(H,17,18);1H. The Morgan fingerprint density at radius 2 is 2.15 bits per heavy atom. The van der Waals surface area contributed by atoms with Gasteiger partial charge in [-0.25, -0.2) is 4.39 Å². The molecule has 1 aromatic carbocycles. The Bertz CT molecular complexity index is 410. The second-order valence-electron chi connectivity index (χ2n) is 4.66. The van der Waals surface area contributed by atoms with Gasteiger partial charge in [0, 0.05) is 37.1 Å². The van der Waals surface area contributed by atoms with Gasteiger partial charge >= 0.3 is 0 Å². The number of hydrogen-bond donors (Lipinski definition) is 2. The van der Waals surface area contributed by atoms with E-state index in [0.29, 0.717) is 19.0 Å². The summed E-state index contributed by atoms with van der Waals surface area (Å²) in [6.07, 6.45) is 1.27. The molecule has 112 valence electrons. The second kappa shape index (κ2) is 9.21. The maximum atomic E-state index is 12.7. The smallest absolute Gasteiger partial charge is 0.221 e. The number of carbonyl (C=O) groups is 1. The molecule has 2 rings (SSSR count). The van der Waals surface area contributed by atoms with Crippen LogP contribution in [0.15, 0.2) is 24.3 Å². The van der Waals surface area contributed by atoms with E-state index in [1.807, 2.05) is 11.8 Å². The van der Waals surface area contributed by atoms with Gasteiger partial charge in [-0.3, -0.25) is 4.79 Å². The summed E-state index contributed by atoms with van der Waals surface area (Å²) in [5, 5.41) is 6.25. The van der Waals surface area contributed by atoms with E-state index in [0.717, 1.165) is 30.0 Å². The van der Waals surface area contributed by atoms with E-state index in [9.17, 15) is 9.18 Å². The second-order valence-corrected chi connectivity index (χ2v) is 5.81. The minimum absolute atomic E-state index is 0. The van der Waals surface area contributed by atoms with Crippen LogP contribution in [0.25, 0.3) is 0 Å². The van der Waals surface area contributed by atoms with Crippen LogP contribution in [0.2, 0.25) is 0 Å². The maximum absolute atomic E-state index is 12.7. The van der Waals surface area contributed by atoms with Crippen molar-refractivity contribution < 1.29 is 9.18 Å². The van der Waals surface area contributed by atoms with Crippen LogP contribution < -0.4 is 10.6 Å². The molecule has 1 saturated heterocycles. The normalized spacial score (nSPS) is 18.1. The van der Waals surface area contributed by atoms with Crippen LogP contribution in [0.4, 0.5) is 4.39 Å². The number of hydrogen-bond acceptors (Lipinski definition) is 3. The van der Waals surface area contributed by atoms with Crippen molar-refractivity contribution in [2.45, 2.75) is 18.9 Å². The molecule has 0 bridgehead atoms. The molecule has 6 heteroatoms. The molecule has 0 spiro atoms. The number of benzene rings is 1. The van der Waals surface area contributed by atoms with Crippen molar-refractivity contribution in [3.8, 4) is 0 Å². The van der Waals surface area contributed by atoms with E-state index in [4.69, 9.17) is 0 Å². The molecular formula is C14H20ClFN2OS. The molecule has 0 aliphatic carbocycles. The van der Waals surface area contributed by atoms with Crippen molar-refractivity contribution >= 4 is 30.1 Å². The minimum atomic E-state index is -0.228. The summed E-state index contributed by atoms with van der Waals surface area (Å²) >= 11 is 1.89. The molecule has 1 amide bonds. The molecule has 0 aromatic heterocycles. The van der Waals surface area contributed by atoms with Gasteiger partial charge in [-0.05, 0) is 24.1 Å². The van der Waals surface area contributed by atoms with Gasteiger partial charge in [-0.1, -0.05) is 12.1 Å². The fourth-order valence-electron chi connectivity index (χ4n) is 2.04. The van der Waals surface area contributed by atoms with Gasteiger partial charge in [0.25, 0.3) is 0 Å². The molecule has 1 aliphatic heterocycles. The van der Waals surface area contributed by atoms with Crippen LogP contribution in [0.3, 0.4) is 0 Å².